The maximum atomic E-state index is 10.6. The largest absolute Gasteiger partial charge is 0.496 e. The molecule has 0 radical (unpaired) electrons. The summed E-state index contributed by atoms with van der Waals surface area (Å²) in [6.45, 7) is 0. The molecule has 0 amide bonds. The van der Waals surface area contributed by atoms with Crippen molar-refractivity contribution in [3.8, 4) is 5.75 Å². The number of hydrogen-bond acceptors (Lipinski definition) is 4. The van der Waals surface area contributed by atoms with Crippen molar-refractivity contribution in [1.29, 1.82) is 0 Å². The summed E-state index contributed by atoms with van der Waals surface area (Å²) in [6.07, 6.45) is -0.656. The van der Waals surface area contributed by atoms with Crippen molar-refractivity contribution < 1.29 is 9.84 Å². The van der Waals surface area contributed by atoms with Crippen LogP contribution in [0.15, 0.2) is 40.2 Å². The Labute approximate surface area is 127 Å². The van der Waals surface area contributed by atoms with Gasteiger partial charge in [-0.15, -0.1) is 22.7 Å². The van der Waals surface area contributed by atoms with Gasteiger partial charge in [0.1, 0.15) is 11.9 Å². The van der Waals surface area contributed by atoms with Crippen LogP contribution in [-0.2, 0) is 0 Å². The molecule has 2 heterocycles. The molecular formula is C14H11BrO2S2. The fraction of sp³-hybridized carbons (Fsp3) is 0.143. The Morgan fingerprint density at radius 3 is 2.79 bits per heavy atom. The first-order valence-electron chi connectivity index (χ1n) is 5.67. The fourth-order valence-electron chi connectivity index (χ4n) is 1.99. The van der Waals surface area contributed by atoms with Crippen LogP contribution in [0.4, 0.5) is 0 Å². The summed E-state index contributed by atoms with van der Waals surface area (Å²) >= 11 is 6.75. The predicted molar refractivity (Wildman–Crippen MR) is 84.5 cm³/mol. The zero-order valence-electron chi connectivity index (χ0n) is 10.1. The quantitative estimate of drug-likeness (QED) is 0.730. The number of hydrogen-bond donors (Lipinski definition) is 1. The lowest BCUT2D eigenvalue weighted by Gasteiger charge is -2.13. The Morgan fingerprint density at radius 2 is 2.05 bits per heavy atom. The maximum Gasteiger partial charge on any atom is 0.125 e. The Morgan fingerprint density at radius 1 is 1.21 bits per heavy atom. The molecule has 0 aliphatic carbocycles. The molecule has 1 unspecified atom stereocenters. The molecule has 3 rings (SSSR count). The summed E-state index contributed by atoms with van der Waals surface area (Å²) in [5.74, 6) is 0.701. The van der Waals surface area contributed by atoms with E-state index in [0.29, 0.717) is 5.75 Å². The summed E-state index contributed by atoms with van der Waals surface area (Å²) in [6, 6.07) is 9.80. The second kappa shape index (κ2) is 5.25. The van der Waals surface area contributed by atoms with E-state index in [0.717, 1.165) is 14.9 Å². The summed E-state index contributed by atoms with van der Waals surface area (Å²) in [5.41, 5.74) is 0.783. The van der Waals surface area contributed by atoms with Crippen LogP contribution in [0.1, 0.15) is 16.5 Å². The molecule has 1 atom stereocenters. The third-order valence-corrected chi connectivity index (χ3v) is 5.55. The van der Waals surface area contributed by atoms with Crippen molar-refractivity contribution in [3.05, 3.63) is 50.6 Å². The number of aliphatic hydroxyl groups excluding tert-OH is 1. The van der Waals surface area contributed by atoms with Crippen LogP contribution in [0.2, 0.25) is 0 Å². The van der Waals surface area contributed by atoms with E-state index in [-0.39, 0.29) is 0 Å². The molecule has 0 spiro atoms. The highest BCUT2D eigenvalue weighted by Gasteiger charge is 2.18. The number of fused-ring (bicyclic) bond motifs is 1. The molecule has 0 saturated heterocycles. The van der Waals surface area contributed by atoms with E-state index in [1.54, 1.807) is 29.8 Å². The Balaban J connectivity index is 2.05. The molecule has 0 fully saturated rings. The second-order valence-electron chi connectivity index (χ2n) is 4.09. The molecule has 5 heteroatoms. The van der Waals surface area contributed by atoms with Crippen molar-refractivity contribution in [2.45, 2.75) is 6.10 Å². The Hall–Kier alpha value is -0.880. The molecule has 0 bridgehead atoms. The molecule has 1 N–H and O–H groups in total. The van der Waals surface area contributed by atoms with Gasteiger partial charge in [0.2, 0.25) is 0 Å². The van der Waals surface area contributed by atoms with Crippen LogP contribution < -0.4 is 4.74 Å². The lowest BCUT2D eigenvalue weighted by molar-refractivity contribution is 0.218. The Kier molecular flexibility index (Phi) is 3.62. The third kappa shape index (κ3) is 2.43. The number of methoxy groups -OCH3 is 1. The van der Waals surface area contributed by atoms with Gasteiger partial charge in [-0.1, -0.05) is 15.9 Å². The first-order chi connectivity index (χ1) is 9.19. The van der Waals surface area contributed by atoms with Crippen LogP contribution in [0, 0.1) is 0 Å². The van der Waals surface area contributed by atoms with Crippen molar-refractivity contribution in [2.75, 3.05) is 7.11 Å². The van der Waals surface area contributed by atoms with Gasteiger partial charge in [-0.05, 0) is 35.7 Å². The minimum Gasteiger partial charge on any atom is -0.496 e. The second-order valence-corrected chi connectivity index (χ2v) is 7.07. The molecule has 98 valence electrons. The van der Waals surface area contributed by atoms with E-state index in [4.69, 9.17) is 4.74 Å². The minimum atomic E-state index is -0.656. The van der Waals surface area contributed by atoms with Gasteiger partial charge >= 0.3 is 0 Å². The van der Waals surface area contributed by atoms with E-state index in [9.17, 15) is 5.11 Å². The lowest BCUT2D eigenvalue weighted by Crippen LogP contribution is -2.00. The zero-order valence-corrected chi connectivity index (χ0v) is 13.3. The summed E-state index contributed by atoms with van der Waals surface area (Å²) in [7, 11) is 1.62. The van der Waals surface area contributed by atoms with Gasteiger partial charge in [0.25, 0.3) is 0 Å². The molecule has 2 aromatic heterocycles. The monoisotopic (exact) mass is 354 g/mol. The highest BCUT2D eigenvalue weighted by atomic mass is 79.9. The van der Waals surface area contributed by atoms with E-state index in [1.165, 1.54) is 9.40 Å². The normalized spacial score (nSPS) is 12.8. The highest BCUT2D eigenvalue weighted by molar-refractivity contribution is 9.10. The number of benzene rings is 1. The van der Waals surface area contributed by atoms with Gasteiger partial charge in [-0.2, -0.15) is 0 Å². The first-order valence-corrected chi connectivity index (χ1v) is 8.16. The van der Waals surface area contributed by atoms with Crippen LogP contribution >= 0.6 is 38.6 Å². The molecule has 19 heavy (non-hydrogen) atoms. The highest BCUT2D eigenvalue weighted by Crippen LogP contribution is 2.39. The van der Waals surface area contributed by atoms with Crippen LogP contribution in [-0.4, -0.2) is 12.2 Å². The summed E-state index contributed by atoms with van der Waals surface area (Å²) in [4.78, 5) is 0.943. The average molecular weight is 355 g/mol. The third-order valence-electron chi connectivity index (χ3n) is 2.91. The van der Waals surface area contributed by atoms with Crippen molar-refractivity contribution >= 4 is 48.0 Å². The number of rotatable bonds is 3. The molecule has 0 saturated carbocycles. The van der Waals surface area contributed by atoms with Gasteiger partial charge in [-0.3, -0.25) is 0 Å². The van der Waals surface area contributed by atoms with E-state index >= 15 is 0 Å². The molecule has 0 aliphatic rings. The van der Waals surface area contributed by atoms with Gasteiger partial charge in [0.15, 0.2) is 0 Å². The summed E-state index contributed by atoms with van der Waals surface area (Å²) < 4.78 is 8.69. The molecule has 2 nitrogen and oxygen atoms in total. The molecule has 0 aliphatic heterocycles. The Bertz CT molecular complexity index is 689. The van der Waals surface area contributed by atoms with Crippen molar-refractivity contribution in [2.24, 2.45) is 0 Å². The predicted octanol–water partition coefficient (Wildman–Crippen LogP) is 4.82. The van der Waals surface area contributed by atoms with Gasteiger partial charge < -0.3 is 9.84 Å². The van der Waals surface area contributed by atoms with E-state index in [1.807, 2.05) is 18.2 Å². The lowest BCUT2D eigenvalue weighted by atomic mass is 10.1. The maximum absolute atomic E-state index is 10.6. The topological polar surface area (TPSA) is 29.5 Å². The number of halogens is 1. The fourth-order valence-corrected chi connectivity index (χ4v) is 4.50. The summed E-state index contributed by atoms with van der Waals surface area (Å²) in [5, 5.41) is 12.6. The SMILES string of the molecule is COc1ccc(Br)cc1C(O)c1cc2sccc2s1. The number of ether oxygens (including phenoxy) is 1. The number of aliphatic hydroxyl groups is 1. The van der Waals surface area contributed by atoms with E-state index < -0.39 is 6.10 Å². The van der Waals surface area contributed by atoms with Gasteiger partial charge in [-0.25, -0.2) is 0 Å². The molecule has 3 aromatic rings. The standard InChI is InChI=1S/C14H11BrO2S2/c1-17-10-3-2-8(15)6-9(10)14(16)13-7-12-11(19-13)4-5-18-12/h2-7,14,16H,1H3. The van der Waals surface area contributed by atoms with Crippen LogP contribution in [0.5, 0.6) is 5.75 Å². The van der Waals surface area contributed by atoms with Crippen LogP contribution in [0.25, 0.3) is 9.40 Å². The van der Waals surface area contributed by atoms with Crippen molar-refractivity contribution in [3.63, 3.8) is 0 Å². The smallest absolute Gasteiger partial charge is 0.125 e. The molecule has 1 aromatic carbocycles. The van der Waals surface area contributed by atoms with Gasteiger partial charge in [0.05, 0.1) is 7.11 Å². The number of thiophene rings is 2. The van der Waals surface area contributed by atoms with E-state index in [2.05, 4.69) is 33.4 Å². The molecular weight excluding hydrogens is 344 g/mol. The first kappa shape index (κ1) is 13.1. The minimum absolute atomic E-state index is 0.656. The van der Waals surface area contributed by atoms with Crippen LogP contribution in [0.3, 0.4) is 0 Å². The van der Waals surface area contributed by atoms with Crippen molar-refractivity contribution in [1.82, 2.24) is 0 Å². The zero-order chi connectivity index (χ0) is 13.4. The average Bonchev–Trinajstić information content (AvgIpc) is 2.98. The van der Waals surface area contributed by atoms with Gasteiger partial charge in [0, 0.05) is 24.3 Å².